The molecule has 144 valence electrons. The standard InChI is InChI=1S/C22H20BrClN2O2/c1-13(21-7-4-10-28-21)25-22(27)17-12-20(15-5-2-3-6-18(15)24)26-19-9-8-14(23)11-16(17)19/h2-3,5-6,8-9,11-13,21H,4,7,10H2,1H3,(H,25,27)/t13-,21-/m1/s1. The number of rotatable bonds is 4. The van der Waals surface area contributed by atoms with Gasteiger partial charge in [-0.15, -0.1) is 0 Å². The molecule has 0 unspecified atom stereocenters. The minimum Gasteiger partial charge on any atom is -0.376 e. The van der Waals surface area contributed by atoms with E-state index in [0.717, 1.165) is 40.4 Å². The van der Waals surface area contributed by atoms with E-state index >= 15 is 0 Å². The zero-order chi connectivity index (χ0) is 19.7. The highest BCUT2D eigenvalue weighted by Gasteiger charge is 2.25. The fraction of sp³-hybridized carbons (Fsp3) is 0.273. The summed E-state index contributed by atoms with van der Waals surface area (Å²) < 4.78 is 6.61. The van der Waals surface area contributed by atoms with Gasteiger partial charge < -0.3 is 10.1 Å². The summed E-state index contributed by atoms with van der Waals surface area (Å²) in [7, 11) is 0. The van der Waals surface area contributed by atoms with Crippen molar-refractivity contribution >= 4 is 44.3 Å². The molecule has 0 aliphatic carbocycles. The maximum Gasteiger partial charge on any atom is 0.252 e. The number of benzene rings is 2. The molecule has 1 fully saturated rings. The van der Waals surface area contributed by atoms with Crippen LogP contribution in [0.15, 0.2) is 53.0 Å². The smallest absolute Gasteiger partial charge is 0.252 e. The van der Waals surface area contributed by atoms with Crippen molar-refractivity contribution in [2.24, 2.45) is 0 Å². The van der Waals surface area contributed by atoms with Crippen molar-refractivity contribution in [1.29, 1.82) is 0 Å². The molecule has 1 aromatic heterocycles. The molecule has 1 aliphatic heterocycles. The summed E-state index contributed by atoms with van der Waals surface area (Å²) in [6.45, 7) is 2.74. The second kappa shape index (κ2) is 8.19. The fourth-order valence-corrected chi connectivity index (χ4v) is 4.16. The number of nitrogens with zero attached hydrogens (tertiary/aromatic N) is 1. The van der Waals surface area contributed by atoms with Crippen molar-refractivity contribution in [2.45, 2.75) is 31.9 Å². The highest BCUT2D eigenvalue weighted by molar-refractivity contribution is 9.10. The predicted molar refractivity (Wildman–Crippen MR) is 116 cm³/mol. The number of fused-ring (bicyclic) bond motifs is 1. The number of amides is 1. The first-order valence-corrected chi connectivity index (χ1v) is 10.5. The van der Waals surface area contributed by atoms with E-state index in [1.54, 1.807) is 0 Å². The molecule has 3 aromatic rings. The van der Waals surface area contributed by atoms with Crippen molar-refractivity contribution in [2.75, 3.05) is 6.61 Å². The molecule has 2 heterocycles. The van der Waals surface area contributed by atoms with Gasteiger partial charge in [0.05, 0.1) is 28.9 Å². The Morgan fingerprint density at radius 3 is 2.86 bits per heavy atom. The van der Waals surface area contributed by atoms with Crippen LogP contribution in [0.3, 0.4) is 0 Å². The lowest BCUT2D eigenvalue weighted by molar-refractivity contribution is 0.0713. The molecule has 1 saturated heterocycles. The quantitative estimate of drug-likeness (QED) is 0.551. The van der Waals surface area contributed by atoms with Crippen LogP contribution in [0.1, 0.15) is 30.1 Å². The molecular formula is C22H20BrClN2O2. The van der Waals surface area contributed by atoms with E-state index < -0.39 is 0 Å². The van der Waals surface area contributed by atoms with Gasteiger partial charge in [-0.1, -0.05) is 45.7 Å². The Morgan fingerprint density at radius 2 is 2.11 bits per heavy atom. The Kier molecular flexibility index (Phi) is 5.67. The average molecular weight is 460 g/mol. The number of carbonyl (C=O) groups is 1. The third kappa shape index (κ3) is 3.93. The lowest BCUT2D eigenvalue weighted by Gasteiger charge is -2.20. The summed E-state index contributed by atoms with van der Waals surface area (Å²) in [6, 6.07) is 15.0. The third-order valence-corrected chi connectivity index (χ3v) is 5.87. The van der Waals surface area contributed by atoms with E-state index in [2.05, 4.69) is 21.2 Å². The normalized spacial score (nSPS) is 17.6. The SMILES string of the molecule is C[C@@H](NC(=O)c1cc(-c2ccccc2Cl)nc2ccc(Br)cc12)[C@H]1CCCO1. The highest BCUT2D eigenvalue weighted by atomic mass is 79.9. The molecule has 4 rings (SSSR count). The summed E-state index contributed by atoms with van der Waals surface area (Å²) in [6.07, 6.45) is 2.06. The molecular weight excluding hydrogens is 440 g/mol. The first-order valence-electron chi connectivity index (χ1n) is 9.30. The van der Waals surface area contributed by atoms with Gasteiger partial charge in [0.15, 0.2) is 0 Å². The van der Waals surface area contributed by atoms with E-state index in [0.29, 0.717) is 16.3 Å². The van der Waals surface area contributed by atoms with Crippen molar-refractivity contribution in [1.82, 2.24) is 10.3 Å². The lowest BCUT2D eigenvalue weighted by Crippen LogP contribution is -2.40. The Morgan fingerprint density at radius 1 is 1.29 bits per heavy atom. The second-order valence-corrected chi connectivity index (χ2v) is 8.33. The van der Waals surface area contributed by atoms with Gasteiger partial charge in [0.25, 0.3) is 5.91 Å². The van der Waals surface area contributed by atoms with E-state index in [4.69, 9.17) is 21.3 Å². The predicted octanol–water partition coefficient (Wildman–Crippen LogP) is 5.62. The number of hydrogen-bond donors (Lipinski definition) is 1. The Balaban J connectivity index is 1.77. The van der Waals surface area contributed by atoms with Gasteiger partial charge in [-0.3, -0.25) is 4.79 Å². The van der Waals surface area contributed by atoms with Gasteiger partial charge in [-0.2, -0.15) is 0 Å². The van der Waals surface area contributed by atoms with Crippen LogP contribution in [0.25, 0.3) is 22.2 Å². The zero-order valence-electron chi connectivity index (χ0n) is 15.4. The maximum absolute atomic E-state index is 13.2. The van der Waals surface area contributed by atoms with Crippen molar-refractivity contribution < 1.29 is 9.53 Å². The topological polar surface area (TPSA) is 51.2 Å². The number of aromatic nitrogens is 1. The zero-order valence-corrected chi connectivity index (χ0v) is 17.8. The van der Waals surface area contributed by atoms with Gasteiger partial charge in [0, 0.05) is 27.1 Å². The molecule has 2 atom stereocenters. The van der Waals surface area contributed by atoms with E-state index in [-0.39, 0.29) is 18.1 Å². The summed E-state index contributed by atoms with van der Waals surface area (Å²) in [5, 5.41) is 4.50. The molecule has 1 N–H and O–H groups in total. The number of nitrogens with one attached hydrogen (secondary N) is 1. The molecule has 6 heteroatoms. The number of hydrogen-bond acceptors (Lipinski definition) is 3. The van der Waals surface area contributed by atoms with E-state index in [9.17, 15) is 4.79 Å². The second-order valence-electron chi connectivity index (χ2n) is 7.01. The lowest BCUT2D eigenvalue weighted by atomic mass is 10.0. The van der Waals surface area contributed by atoms with Crippen LogP contribution in [0.5, 0.6) is 0 Å². The maximum atomic E-state index is 13.2. The van der Waals surface area contributed by atoms with Crippen molar-refractivity contribution in [3.05, 3.63) is 63.6 Å². The molecule has 1 amide bonds. The van der Waals surface area contributed by atoms with Crippen LogP contribution in [-0.2, 0) is 4.74 Å². The summed E-state index contributed by atoms with van der Waals surface area (Å²) in [5.41, 5.74) is 2.80. The molecule has 28 heavy (non-hydrogen) atoms. The third-order valence-electron chi connectivity index (χ3n) is 5.05. The molecule has 0 saturated carbocycles. The molecule has 1 aliphatic rings. The molecule has 0 spiro atoms. The largest absolute Gasteiger partial charge is 0.376 e. The summed E-state index contributed by atoms with van der Waals surface area (Å²) >= 11 is 9.87. The summed E-state index contributed by atoms with van der Waals surface area (Å²) in [5.74, 6) is -0.137. The number of ether oxygens (including phenoxy) is 1. The Hall–Kier alpha value is -1.95. The van der Waals surface area contributed by atoms with Crippen molar-refractivity contribution in [3.8, 4) is 11.3 Å². The number of halogens is 2. The highest BCUT2D eigenvalue weighted by Crippen LogP contribution is 2.31. The molecule has 4 nitrogen and oxygen atoms in total. The summed E-state index contributed by atoms with van der Waals surface area (Å²) in [4.78, 5) is 17.9. The van der Waals surface area contributed by atoms with Gasteiger partial charge in [-0.05, 0) is 50.1 Å². The number of carbonyl (C=O) groups excluding carboxylic acids is 1. The van der Waals surface area contributed by atoms with Gasteiger partial charge >= 0.3 is 0 Å². The van der Waals surface area contributed by atoms with E-state index in [1.165, 1.54) is 0 Å². The van der Waals surface area contributed by atoms with Gasteiger partial charge in [0.2, 0.25) is 0 Å². The van der Waals surface area contributed by atoms with E-state index in [1.807, 2.05) is 55.5 Å². The minimum atomic E-state index is -0.137. The van der Waals surface area contributed by atoms with Crippen LogP contribution in [0, 0.1) is 0 Å². The Labute approximate surface area is 177 Å². The van der Waals surface area contributed by atoms with Crippen LogP contribution in [0.4, 0.5) is 0 Å². The van der Waals surface area contributed by atoms with Crippen LogP contribution < -0.4 is 5.32 Å². The molecule has 0 radical (unpaired) electrons. The van der Waals surface area contributed by atoms with Crippen molar-refractivity contribution in [3.63, 3.8) is 0 Å². The fourth-order valence-electron chi connectivity index (χ4n) is 3.57. The number of pyridine rings is 1. The first kappa shape index (κ1) is 19.4. The van der Waals surface area contributed by atoms with Crippen LogP contribution >= 0.6 is 27.5 Å². The van der Waals surface area contributed by atoms with Gasteiger partial charge in [-0.25, -0.2) is 4.98 Å². The molecule has 0 bridgehead atoms. The first-order chi connectivity index (χ1) is 13.5. The monoisotopic (exact) mass is 458 g/mol. The van der Waals surface area contributed by atoms with Gasteiger partial charge in [0.1, 0.15) is 0 Å². The minimum absolute atomic E-state index is 0.0610. The Bertz CT molecular complexity index is 1030. The average Bonchev–Trinajstić information content (AvgIpc) is 3.22. The van der Waals surface area contributed by atoms with Crippen LogP contribution in [-0.4, -0.2) is 29.6 Å². The van der Waals surface area contributed by atoms with Crippen LogP contribution in [0.2, 0.25) is 5.02 Å². The molecule has 2 aromatic carbocycles.